The van der Waals surface area contributed by atoms with Crippen LogP contribution in [0, 0.1) is 5.82 Å². The van der Waals surface area contributed by atoms with Crippen LogP contribution in [0.2, 0.25) is 0 Å². The Morgan fingerprint density at radius 1 is 1.17 bits per heavy atom. The van der Waals surface area contributed by atoms with Gasteiger partial charge in [0.05, 0.1) is 11.0 Å². The number of benzene rings is 2. The number of nitrogens with zero attached hydrogens (tertiary/aromatic N) is 3. The van der Waals surface area contributed by atoms with Gasteiger partial charge in [0.15, 0.2) is 0 Å². The van der Waals surface area contributed by atoms with Crippen molar-refractivity contribution in [2.45, 2.75) is 0 Å². The summed E-state index contributed by atoms with van der Waals surface area (Å²) in [7, 11) is 1.76. The van der Waals surface area contributed by atoms with E-state index in [1.807, 2.05) is 30.3 Å². The molecule has 0 aliphatic carbocycles. The van der Waals surface area contributed by atoms with Crippen molar-refractivity contribution >= 4 is 33.7 Å². The normalized spacial score (nSPS) is 11.1. The number of amides is 1. The summed E-state index contributed by atoms with van der Waals surface area (Å²) in [4.78, 5) is 21.1. The second-order valence-corrected chi connectivity index (χ2v) is 5.46. The summed E-state index contributed by atoms with van der Waals surface area (Å²) in [6, 6.07) is 13.7. The molecule has 0 atom stereocenters. The third-order valence-corrected chi connectivity index (χ3v) is 3.96. The fourth-order valence-corrected chi connectivity index (χ4v) is 2.75. The standard InChI is InChI=1S/C18H13FN4O/c1-23-15-7-6-12(19)10-14(15)21-18(23)22-17(24)16-13-5-3-2-4-11(13)8-9-20-16/h2-10H,1H3,(H,21,22,24). The number of aryl methyl sites for hydroxylation is 1. The number of halogens is 1. The molecule has 0 aliphatic heterocycles. The minimum absolute atomic E-state index is 0.325. The van der Waals surface area contributed by atoms with E-state index < -0.39 is 0 Å². The average molecular weight is 320 g/mol. The van der Waals surface area contributed by atoms with E-state index in [-0.39, 0.29) is 11.7 Å². The Bertz CT molecular complexity index is 1080. The van der Waals surface area contributed by atoms with Gasteiger partial charge in [-0.15, -0.1) is 0 Å². The molecule has 1 N–H and O–H groups in total. The van der Waals surface area contributed by atoms with E-state index in [1.54, 1.807) is 23.9 Å². The maximum Gasteiger partial charge on any atom is 0.277 e. The highest BCUT2D eigenvalue weighted by atomic mass is 19.1. The van der Waals surface area contributed by atoms with Gasteiger partial charge in [-0.2, -0.15) is 0 Å². The molecule has 0 unspecified atom stereocenters. The summed E-state index contributed by atoms with van der Waals surface area (Å²) < 4.78 is 15.0. The number of carbonyl (C=O) groups is 1. The Hall–Kier alpha value is -3.28. The molecule has 6 heteroatoms. The highest BCUT2D eigenvalue weighted by Crippen LogP contribution is 2.21. The van der Waals surface area contributed by atoms with Crippen LogP contribution in [0.15, 0.2) is 54.7 Å². The van der Waals surface area contributed by atoms with E-state index in [0.29, 0.717) is 17.2 Å². The van der Waals surface area contributed by atoms with Crippen LogP contribution >= 0.6 is 0 Å². The zero-order valence-corrected chi connectivity index (χ0v) is 12.8. The summed E-state index contributed by atoms with van der Waals surface area (Å²) in [6.07, 6.45) is 1.60. The van der Waals surface area contributed by atoms with Crippen LogP contribution in [0.25, 0.3) is 21.8 Å². The van der Waals surface area contributed by atoms with E-state index in [4.69, 9.17) is 0 Å². The smallest absolute Gasteiger partial charge is 0.277 e. The van der Waals surface area contributed by atoms with Gasteiger partial charge >= 0.3 is 0 Å². The largest absolute Gasteiger partial charge is 0.313 e. The lowest BCUT2D eigenvalue weighted by Gasteiger charge is -2.07. The van der Waals surface area contributed by atoms with Gasteiger partial charge in [0.25, 0.3) is 5.91 Å². The van der Waals surface area contributed by atoms with Crippen molar-refractivity contribution in [3.63, 3.8) is 0 Å². The first-order valence-corrected chi connectivity index (χ1v) is 7.40. The molecule has 2 aromatic carbocycles. The Labute approximate surface area is 136 Å². The van der Waals surface area contributed by atoms with Crippen molar-refractivity contribution < 1.29 is 9.18 Å². The number of carbonyl (C=O) groups excluding carboxylic acids is 1. The van der Waals surface area contributed by atoms with Gasteiger partial charge in [-0.1, -0.05) is 24.3 Å². The first-order valence-electron chi connectivity index (χ1n) is 7.40. The Morgan fingerprint density at radius 2 is 2.00 bits per heavy atom. The Morgan fingerprint density at radius 3 is 2.88 bits per heavy atom. The minimum Gasteiger partial charge on any atom is -0.313 e. The molecule has 0 fully saturated rings. The van der Waals surface area contributed by atoms with Crippen molar-refractivity contribution in [2.24, 2.45) is 7.05 Å². The maximum absolute atomic E-state index is 13.3. The third-order valence-electron chi connectivity index (χ3n) is 3.96. The highest BCUT2D eigenvalue weighted by Gasteiger charge is 2.15. The molecule has 1 amide bonds. The summed E-state index contributed by atoms with van der Waals surface area (Å²) >= 11 is 0. The lowest BCUT2D eigenvalue weighted by molar-refractivity contribution is 0.102. The predicted molar refractivity (Wildman–Crippen MR) is 90.4 cm³/mol. The third kappa shape index (κ3) is 2.28. The van der Waals surface area contributed by atoms with E-state index in [0.717, 1.165) is 16.3 Å². The molecule has 0 spiro atoms. The number of aromatic nitrogens is 3. The first-order chi connectivity index (χ1) is 11.6. The fraction of sp³-hybridized carbons (Fsp3) is 0.0556. The molecule has 2 aromatic heterocycles. The molecular weight excluding hydrogens is 307 g/mol. The predicted octanol–water partition coefficient (Wildman–Crippen LogP) is 3.51. The molecule has 4 aromatic rings. The van der Waals surface area contributed by atoms with Gasteiger partial charge in [-0.05, 0) is 23.6 Å². The van der Waals surface area contributed by atoms with Crippen molar-refractivity contribution in [1.82, 2.24) is 14.5 Å². The van der Waals surface area contributed by atoms with Crippen molar-refractivity contribution in [3.05, 3.63) is 66.2 Å². The molecule has 5 nitrogen and oxygen atoms in total. The first kappa shape index (κ1) is 14.3. The topological polar surface area (TPSA) is 59.8 Å². The number of rotatable bonds is 2. The zero-order valence-electron chi connectivity index (χ0n) is 12.8. The van der Waals surface area contributed by atoms with E-state index in [2.05, 4.69) is 15.3 Å². The van der Waals surface area contributed by atoms with Crippen LogP contribution in [0.1, 0.15) is 10.5 Å². The number of anilines is 1. The van der Waals surface area contributed by atoms with Crippen LogP contribution in [-0.4, -0.2) is 20.4 Å². The van der Waals surface area contributed by atoms with Crippen LogP contribution < -0.4 is 5.32 Å². The highest BCUT2D eigenvalue weighted by molar-refractivity contribution is 6.11. The molecule has 0 bridgehead atoms. The van der Waals surface area contributed by atoms with Crippen LogP contribution in [0.3, 0.4) is 0 Å². The van der Waals surface area contributed by atoms with Gasteiger partial charge in [-0.3, -0.25) is 15.1 Å². The lowest BCUT2D eigenvalue weighted by Crippen LogP contribution is -2.16. The summed E-state index contributed by atoms with van der Waals surface area (Å²) in [6.45, 7) is 0. The number of hydrogen-bond donors (Lipinski definition) is 1. The van der Waals surface area contributed by atoms with Crippen LogP contribution in [-0.2, 0) is 7.05 Å². The second kappa shape index (κ2) is 5.42. The summed E-state index contributed by atoms with van der Waals surface area (Å²) in [5, 5.41) is 4.46. The van der Waals surface area contributed by atoms with Crippen molar-refractivity contribution in [1.29, 1.82) is 0 Å². The molecule has 0 saturated carbocycles. The average Bonchev–Trinajstić information content (AvgIpc) is 2.89. The number of nitrogens with one attached hydrogen (secondary N) is 1. The molecule has 2 heterocycles. The number of fused-ring (bicyclic) bond motifs is 2. The summed E-state index contributed by atoms with van der Waals surface area (Å²) in [5.41, 5.74) is 1.54. The fourth-order valence-electron chi connectivity index (χ4n) is 2.75. The van der Waals surface area contributed by atoms with Crippen molar-refractivity contribution in [2.75, 3.05) is 5.32 Å². The quantitative estimate of drug-likeness (QED) is 0.615. The van der Waals surface area contributed by atoms with E-state index in [1.165, 1.54) is 12.1 Å². The van der Waals surface area contributed by atoms with Gasteiger partial charge < -0.3 is 4.57 Å². The maximum atomic E-state index is 13.3. The lowest BCUT2D eigenvalue weighted by atomic mass is 10.1. The molecule has 0 saturated heterocycles. The SMILES string of the molecule is Cn1c(NC(=O)c2nccc3ccccc23)nc2cc(F)ccc21. The molecule has 24 heavy (non-hydrogen) atoms. The van der Waals surface area contributed by atoms with Crippen molar-refractivity contribution in [3.8, 4) is 0 Å². The summed E-state index contributed by atoms with van der Waals surface area (Å²) in [5.74, 6) is -0.379. The monoisotopic (exact) mass is 320 g/mol. The number of pyridine rings is 1. The van der Waals surface area contributed by atoms with Gasteiger partial charge in [0, 0.05) is 24.7 Å². The van der Waals surface area contributed by atoms with E-state index >= 15 is 0 Å². The van der Waals surface area contributed by atoms with Crippen LogP contribution in [0.5, 0.6) is 0 Å². The second-order valence-electron chi connectivity index (χ2n) is 5.46. The zero-order chi connectivity index (χ0) is 16.7. The number of hydrogen-bond acceptors (Lipinski definition) is 3. The van der Waals surface area contributed by atoms with Gasteiger partial charge in [0.1, 0.15) is 11.5 Å². The van der Waals surface area contributed by atoms with Gasteiger partial charge in [0.2, 0.25) is 5.95 Å². The molecule has 0 radical (unpaired) electrons. The Kier molecular flexibility index (Phi) is 3.23. The molecular formula is C18H13FN4O. The molecule has 4 rings (SSSR count). The minimum atomic E-state index is -0.366. The molecule has 118 valence electrons. The number of imidazole rings is 1. The van der Waals surface area contributed by atoms with Crippen LogP contribution in [0.4, 0.5) is 10.3 Å². The Balaban J connectivity index is 1.75. The van der Waals surface area contributed by atoms with Gasteiger partial charge in [-0.25, -0.2) is 9.37 Å². The molecule has 0 aliphatic rings. The van der Waals surface area contributed by atoms with E-state index in [9.17, 15) is 9.18 Å².